The van der Waals surface area contributed by atoms with E-state index in [1.165, 1.54) is 14.2 Å². The molecule has 2 heterocycles. The predicted octanol–water partition coefficient (Wildman–Crippen LogP) is 1.18. The molecule has 0 bridgehead atoms. The first-order chi connectivity index (χ1) is 12.6. The molecule has 2 aliphatic heterocycles. The van der Waals surface area contributed by atoms with Gasteiger partial charge in [-0.3, -0.25) is 22.6 Å². The first-order valence-corrected chi connectivity index (χ1v) is 10.9. The Bertz CT molecular complexity index is 678. The van der Waals surface area contributed by atoms with E-state index in [-0.39, 0.29) is 19.7 Å². The minimum Gasteiger partial charge on any atom is -0.384 e. The molecule has 14 heteroatoms. The molecule has 12 nitrogen and oxygen atoms in total. The molecule has 2 rings (SSSR count). The van der Waals surface area contributed by atoms with Gasteiger partial charge in [-0.25, -0.2) is 14.1 Å². The fraction of sp³-hybridized carbons (Fsp3) is 0.769. The van der Waals surface area contributed by atoms with E-state index in [1.54, 1.807) is 18.0 Å². The number of nitrogens with two attached hydrogens (primary N) is 1. The van der Waals surface area contributed by atoms with Gasteiger partial charge >= 0.3 is 15.6 Å². The summed E-state index contributed by atoms with van der Waals surface area (Å²) in [5.41, 5.74) is 6.50. The number of phosphoric acid groups is 2. The molecule has 3 N–H and O–H groups in total. The lowest BCUT2D eigenvalue weighted by molar-refractivity contribution is -0.0637. The van der Waals surface area contributed by atoms with Crippen molar-refractivity contribution in [3.63, 3.8) is 0 Å². The summed E-state index contributed by atoms with van der Waals surface area (Å²) in [5, 5.41) is 0. The summed E-state index contributed by atoms with van der Waals surface area (Å²) in [7, 11) is -4.63. The lowest BCUT2D eigenvalue weighted by Gasteiger charge is -2.29. The smallest absolute Gasteiger partial charge is 0.384 e. The van der Waals surface area contributed by atoms with Crippen molar-refractivity contribution in [3.05, 3.63) is 11.8 Å². The third-order valence-corrected chi connectivity index (χ3v) is 6.42. The molecule has 0 spiro atoms. The molecule has 0 aromatic rings. The Labute approximate surface area is 157 Å². The fourth-order valence-electron chi connectivity index (χ4n) is 2.54. The molecule has 0 aromatic heterocycles. The van der Waals surface area contributed by atoms with Crippen LogP contribution in [0.2, 0.25) is 0 Å². The van der Waals surface area contributed by atoms with Crippen LogP contribution >= 0.6 is 15.6 Å². The van der Waals surface area contributed by atoms with Gasteiger partial charge in [0.15, 0.2) is 0 Å². The van der Waals surface area contributed by atoms with Gasteiger partial charge in [0.05, 0.1) is 6.61 Å². The monoisotopic (exact) mass is 429 g/mol. The van der Waals surface area contributed by atoms with Crippen LogP contribution in [0.5, 0.6) is 0 Å². The molecule has 4 atom stereocenters. The Morgan fingerprint density at radius 1 is 1.33 bits per heavy atom. The summed E-state index contributed by atoms with van der Waals surface area (Å²) in [4.78, 5) is 15.6. The van der Waals surface area contributed by atoms with Crippen LogP contribution < -0.4 is 5.73 Å². The third-order valence-electron chi connectivity index (χ3n) is 4.06. The molecule has 156 valence electrons. The van der Waals surface area contributed by atoms with Crippen LogP contribution in [0.1, 0.15) is 13.3 Å². The van der Waals surface area contributed by atoms with Gasteiger partial charge in [0, 0.05) is 39.5 Å². The van der Waals surface area contributed by atoms with Crippen molar-refractivity contribution in [2.75, 3.05) is 34.6 Å². The average Bonchev–Trinajstić information content (AvgIpc) is 3.04. The van der Waals surface area contributed by atoms with Crippen molar-refractivity contribution in [1.29, 1.82) is 0 Å². The van der Waals surface area contributed by atoms with Crippen LogP contribution in [0.3, 0.4) is 0 Å². The van der Waals surface area contributed by atoms with Crippen molar-refractivity contribution in [3.8, 4) is 0 Å². The molecule has 0 aliphatic carbocycles. The van der Waals surface area contributed by atoms with E-state index >= 15 is 0 Å². The minimum absolute atomic E-state index is 0.214. The Kier molecular flexibility index (Phi) is 7.60. The number of nitrogens with zero attached hydrogens (tertiary/aromatic N) is 2. The summed E-state index contributed by atoms with van der Waals surface area (Å²) in [5.74, 6) is 0.428. The van der Waals surface area contributed by atoms with Crippen LogP contribution in [-0.2, 0) is 36.5 Å². The van der Waals surface area contributed by atoms with Crippen molar-refractivity contribution in [2.24, 2.45) is 10.7 Å². The maximum atomic E-state index is 12.1. The second-order valence-corrected chi connectivity index (χ2v) is 9.18. The third kappa shape index (κ3) is 5.83. The van der Waals surface area contributed by atoms with E-state index in [4.69, 9.17) is 28.6 Å². The van der Waals surface area contributed by atoms with E-state index in [0.717, 1.165) is 12.7 Å². The van der Waals surface area contributed by atoms with Crippen LogP contribution in [0.15, 0.2) is 16.8 Å². The Hall–Kier alpha value is -0.810. The van der Waals surface area contributed by atoms with Crippen molar-refractivity contribution in [2.45, 2.75) is 31.8 Å². The van der Waals surface area contributed by atoms with Crippen LogP contribution in [0, 0.1) is 0 Å². The normalized spacial score (nSPS) is 28.6. The molecular weight excluding hydrogens is 404 g/mol. The first kappa shape index (κ1) is 22.5. The van der Waals surface area contributed by atoms with E-state index in [1.807, 2.05) is 0 Å². The largest absolute Gasteiger partial charge is 0.474 e. The van der Waals surface area contributed by atoms with Crippen LogP contribution in [0.25, 0.3) is 0 Å². The van der Waals surface area contributed by atoms with Gasteiger partial charge in [-0.15, -0.1) is 0 Å². The molecule has 27 heavy (non-hydrogen) atoms. The van der Waals surface area contributed by atoms with Gasteiger partial charge in [0.25, 0.3) is 0 Å². The summed E-state index contributed by atoms with van der Waals surface area (Å²) < 4.78 is 54.0. The highest BCUT2D eigenvalue weighted by Crippen LogP contribution is 2.50. The maximum absolute atomic E-state index is 12.1. The number of rotatable bonds is 9. The lowest BCUT2D eigenvalue weighted by Crippen LogP contribution is -2.36. The van der Waals surface area contributed by atoms with E-state index in [0.29, 0.717) is 5.84 Å². The number of aliphatic imine (C=N–C) groups is 1. The second-order valence-electron chi connectivity index (χ2n) is 5.78. The van der Waals surface area contributed by atoms with Gasteiger partial charge in [-0.2, -0.15) is 0 Å². The molecule has 0 amide bonds. The van der Waals surface area contributed by atoms with E-state index in [2.05, 4.69) is 9.52 Å². The highest BCUT2D eigenvalue weighted by molar-refractivity contribution is 7.48. The zero-order valence-corrected chi connectivity index (χ0v) is 17.3. The average molecular weight is 429 g/mol. The standard InChI is InChI=1S/C13H25N3O9P2/c1-9-6-16(8-15-13(9)14)12-5-10(25-26(17,18)20-2)11(24-12)7-23-27(19,21-3)22-4/h6,10-12H,5,7-8H2,1-4H3,(H2,14,15)(H,17,18). The molecule has 0 saturated carbocycles. The molecule has 1 fully saturated rings. The molecular formula is C13H25N3O9P2. The van der Waals surface area contributed by atoms with Gasteiger partial charge < -0.3 is 20.3 Å². The number of hydrogen-bond acceptors (Lipinski definition) is 11. The summed E-state index contributed by atoms with van der Waals surface area (Å²) >= 11 is 0. The summed E-state index contributed by atoms with van der Waals surface area (Å²) in [6, 6.07) is 0. The number of amidine groups is 1. The lowest BCUT2D eigenvalue weighted by atomic mass is 10.2. The first-order valence-electron chi connectivity index (χ1n) is 7.96. The quantitative estimate of drug-likeness (QED) is 0.508. The maximum Gasteiger partial charge on any atom is 0.474 e. The van der Waals surface area contributed by atoms with Crippen LogP contribution in [0.4, 0.5) is 0 Å². The van der Waals surface area contributed by atoms with E-state index < -0.39 is 34.1 Å². The Morgan fingerprint density at radius 3 is 2.56 bits per heavy atom. The van der Waals surface area contributed by atoms with Crippen LogP contribution in [-0.4, -0.2) is 68.7 Å². The number of phosphoric ester groups is 2. The van der Waals surface area contributed by atoms with E-state index in [9.17, 15) is 14.0 Å². The van der Waals surface area contributed by atoms with Crippen molar-refractivity contribution >= 4 is 21.5 Å². The molecule has 0 aromatic carbocycles. The molecule has 0 radical (unpaired) electrons. The Balaban J connectivity index is 2.11. The SMILES string of the molecule is COP(=O)(O)OC1CC(N2C=C(C)C(N)=NC2)OC1COP(=O)(OC)OC. The fourth-order valence-corrected chi connectivity index (χ4v) is 3.88. The van der Waals surface area contributed by atoms with Gasteiger partial charge in [-0.05, 0) is 6.92 Å². The highest BCUT2D eigenvalue weighted by atomic mass is 31.2. The van der Waals surface area contributed by atoms with Gasteiger partial charge in [-0.1, -0.05) is 0 Å². The number of hydrogen-bond donors (Lipinski definition) is 2. The number of ether oxygens (including phenoxy) is 1. The summed E-state index contributed by atoms with van der Waals surface area (Å²) in [6.45, 7) is 1.80. The predicted molar refractivity (Wildman–Crippen MR) is 94.6 cm³/mol. The Morgan fingerprint density at radius 2 is 2.00 bits per heavy atom. The highest BCUT2D eigenvalue weighted by Gasteiger charge is 2.43. The summed E-state index contributed by atoms with van der Waals surface area (Å²) in [6.07, 6.45) is -0.245. The zero-order chi connectivity index (χ0) is 20.2. The zero-order valence-electron chi connectivity index (χ0n) is 15.5. The van der Waals surface area contributed by atoms with Crippen molar-refractivity contribution < 1.29 is 41.4 Å². The minimum atomic E-state index is -4.28. The van der Waals surface area contributed by atoms with Crippen molar-refractivity contribution in [1.82, 2.24) is 4.90 Å². The molecule has 1 saturated heterocycles. The molecule has 4 unspecified atom stereocenters. The molecule has 2 aliphatic rings. The topological polar surface area (TPSA) is 151 Å². The van der Waals surface area contributed by atoms with Gasteiger partial charge in [0.1, 0.15) is 30.9 Å². The van der Waals surface area contributed by atoms with Gasteiger partial charge in [0.2, 0.25) is 0 Å². The second kappa shape index (κ2) is 9.13.